The van der Waals surface area contributed by atoms with E-state index in [1.54, 1.807) is 58.0 Å². The van der Waals surface area contributed by atoms with Crippen LogP contribution in [0.3, 0.4) is 0 Å². The predicted molar refractivity (Wildman–Crippen MR) is 212 cm³/mol. The monoisotopic (exact) mass is 767 g/mol. The molecule has 2 aromatic heterocycles. The Morgan fingerprint density at radius 2 is 0.981 bits per heavy atom. The molecule has 0 bridgehead atoms. The zero-order chi connectivity index (χ0) is 38.5. The Labute approximate surface area is 317 Å². The predicted octanol–water partition coefficient (Wildman–Crippen LogP) is 7.39. The normalized spacial score (nSPS) is 11.8. The van der Waals surface area contributed by atoms with Crippen LogP contribution in [0.1, 0.15) is 38.8 Å². The van der Waals surface area contributed by atoms with Gasteiger partial charge in [-0.15, -0.1) is 11.3 Å². The van der Waals surface area contributed by atoms with Crippen LogP contribution in [-0.2, 0) is 51.0 Å². The van der Waals surface area contributed by atoms with Crippen LogP contribution in [0, 0.1) is 11.8 Å². The summed E-state index contributed by atoms with van der Waals surface area (Å²) in [5.41, 5.74) is 0.849. The first-order chi connectivity index (χ1) is 26.1. The lowest BCUT2D eigenvalue weighted by Gasteiger charge is -2.15. The van der Waals surface area contributed by atoms with E-state index in [-0.39, 0.29) is 50.1 Å². The fourth-order valence-electron chi connectivity index (χ4n) is 6.51. The fraction of sp³-hybridized carbons (Fsp3) is 0.286. The summed E-state index contributed by atoms with van der Waals surface area (Å²) in [6.07, 6.45) is 0.0170. The Bertz CT molecular complexity index is 2520. The van der Waals surface area contributed by atoms with Gasteiger partial charge >= 0.3 is 23.9 Å². The third-order valence-electron chi connectivity index (χ3n) is 8.96. The van der Waals surface area contributed by atoms with E-state index in [1.807, 2.05) is 48.5 Å². The average molecular weight is 768 g/mol. The molecule has 4 aromatic carbocycles. The van der Waals surface area contributed by atoms with E-state index in [4.69, 9.17) is 18.9 Å². The molecule has 0 aliphatic rings. The Hall–Kier alpha value is -5.46. The largest absolute Gasteiger partial charge is 0.465 e. The second-order valence-corrected chi connectivity index (χ2v) is 15.5. The lowest BCUT2D eigenvalue weighted by atomic mass is 9.98. The van der Waals surface area contributed by atoms with Gasteiger partial charge in [0.2, 0.25) is 5.43 Å². The van der Waals surface area contributed by atoms with E-state index in [2.05, 4.69) is 0 Å². The van der Waals surface area contributed by atoms with Crippen molar-refractivity contribution in [3.63, 3.8) is 0 Å². The van der Waals surface area contributed by atoms with Crippen LogP contribution < -0.4 is 10.9 Å². The Morgan fingerprint density at radius 3 is 1.54 bits per heavy atom. The highest BCUT2D eigenvalue weighted by Crippen LogP contribution is 2.44. The minimum Gasteiger partial charge on any atom is -0.465 e. The van der Waals surface area contributed by atoms with Gasteiger partial charge in [0.15, 0.2) is 31.6 Å². The van der Waals surface area contributed by atoms with E-state index in [0.29, 0.717) is 32.7 Å². The number of fused-ring (bicyclic) bond motifs is 4. The molecule has 2 heterocycles. The quantitative estimate of drug-likeness (QED) is 0.0384. The minimum absolute atomic E-state index is 0.0000575. The fourth-order valence-corrected chi connectivity index (χ4v) is 9.90. The third-order valence-corrected chi connectivity index (χ3v) is 12.4. The Morgan fingerprint density at radius 1 is 0.537 bits per heavy atom. The summed E-state index contributed by atoms with van der Waals surface area (Å²) in [6.45, 7) is 7.10. The maximum atomic E-state index is 14.2. The summed E-state index contributed by atoms with van der Waals surface area (Å²) >= 11 is 1.46. The van der Waals surface area contributed by atoms with E-state index in [1.165, 1.54) is 11.3 Å². The molecule has 278 valence electrons. The van der Waals surface area contributed by atoms with Crippen LogP contribution in [0.4, 0.5) is 0 Å². The highest BCUT2D eigenvalue weighted by atomic mass is 32.2. The van der Waals surface area contributed by atoms with Crippen molar-refractivity contribution in [1.82, 2.24) is 0 Å². The van der Waals surface area contributed by atoms with Gasteiger partial charge in [0.05, 0.1) is 37.2 Å². The molecule has 54 heavy (non-hydrogen) atoms. The highest BCUT2D eigenvalue weighted by molar-refractivity contribution is 7.49. The first kappa shape index (κ1) is 38.3. The second-order valence-electron chi connectivity index (χ2n) is 12.4. The van der Waals surface area contributed by atoms with Gasteiger partial charge in [-0.05, 0) is 100 Å². The molecule has 0 aliphatic carbocycles. The Balaban J connectivity index is 1.47. The van der Waals surface area contributed by atoms with Gasteiger partial charge in [0, 0.05) is 36.7 Å². The number of esters is 4. The van der Waals surface area contributed by atoms with Crippen molar-refractivity contribution in [2.75, 3.05) is 26.4 Å². The Kier molecular flexibility index (Phi) is 11.8. The molecule has 0 spiro atoms. The van der Waals surface area contributed by atoms with Gasteiger partial charge in [-0.3, -0.25) is 28.8 Å². The molecule has 1 unspecified atom stereocenters. The number of ether oxygens (including phenoxy) is 4. The van der Waals surface area contributed by atoms with Gasteiger partial charge in [-0.25, -0.2) is 0 Å². The van der Waals surface area contributed by atoms with Crippen LogP contribution in [-0.4, -0.2) is 50.3 Å². The van der Waals surface area contributed by atoms with Gasteiger partial charge in [0.25, 0.3) is 0 Å². The van der Waals surface area contributed by atoms with Crippen LogP contribution in [0.15, 0.2) is 88.5 Å². The van der Waals surface area contributed by atoms with E-state index < -0.39 is 46.2 Å². The van der Waals surface area contributed by atoms with Crippen molar-refractivity contribution in [1.29, 1.82) is 0 Å². The van der Waals surface area contributed by atoms with Crippen LogP contribution in [0.5, 0.6) is 0 Å². The van der Waals surface area contributed by atoms with Crippen molar-refractivity contribution in [3.8, 4) is 4.90 Å². The molecule has 12 heteroatoms. The molecule has 0 N–H and O–H groups in total. The minimum atomic E-state index is -1.18. The maximum Gasteiger partial charge on any atom is 0.320 e. The number of carbonyl (C=O) groups excluding carboxylic acids is 4. The lowest BCUT2D eigenvalue weighted by Crippen LogP contribution is -2.30. The molecule has 6 rings (SSSR count). The standard InChI is InChI=1S/C42H39O10S2/c1-5-49-39(45)31(40(46)50-6-2)21-24-13-16-33-28(19-24)38(44)29-23-26(15-17-34(29)53-33)54-35-12-10-9-11-27(35)37(43)30-20-25(14-18-36(30)54)22-32(41(47)51-7-3)42(48)52-8-4/h9-20,23,31-32H,5-8,21-22H2,1-4H3/q+1. The summed E-state index contributed by atoms with van der Waals surface area (Å²) in [6, 6.07) is 23.9. The summed E-state index contributed by atoms with van der Waals surface area (Å²) in [4.78, 5) is 79.9. The van der Waals surface area contributed by atoms with Gasteiger partial charge in [-0.1, -0.05) is 24.3 Å². The van der Waals surface area contributed by atoms with E-state index in [0.717, 1.165) is 23.7 Å². The smallest absolute Gasteiger partial charge is 0.320 e. The number of rotatable bonds is 13. The van der Waals surface area contributed by atoms with Crippen molar-refractivity contribution >= 4 is 86.0 Å². The summed E-state index contributed by atoms with van der Waals surface area (Å²) in [5, 5.41) is 1.94. The van der Waals surface area contributed by atoms with Crippen LogP contribution in [0.25, 0.3) is 45.2 Å². The van der Waals surface area contributed by atoms with Crippen molar-refractivity contribution in [3.05, 3.63) is 110 Å². The van der Waals surface area contributed by atoms with Crippen LogP contribution in [0.2, 0.25) is 0 Å². The number of hydrogen-bond acceptors (Lipinski definition) is 11. The molecule has 0 aliphatic heterocycles. The first-order valence-corrected chi connectivity index (χ1v) is 19.8. The topological polar surface area (TPSA) is 139 Å². The average Bonchev–Trinajstić information content (AvgIpc) is 3.17. The van der Waals surface area contributed by atoms with Crippen molar-refractivity contribution in [2.45, 2.75) is 40.5 Å². The molecule has 0 saturated heterocycles. The van der Waals surface area contributed by atoms with Gasteiger partial charge in [-0.2, -0.15) is 0 Å². The SMILES string of the molecule is CCOC(=O)C(Cc1ccc2sc3ccc(-[s+]4c5ccccc5c(=O)c5cc(CC(C(=O)OCC)C(=O)OCC)ccc54)cc3c(=O)c2c1)C(=O)OCC. The lowest BCUT2D eigenvalue weighted by molar-refractivity contribution is -0.163. The molecular weight excluding hydrogens is 729 g/mol. The first-order valence-electron chi connectivity index (χ1n) is 17.8. The van der Waals surface area contributed by atoms with Crippen LogP contribution >= 0.6 is 21.8 Å². The maximum absolute atomic E-state index is 14.2. The summed E-state index contributed by atoms with van der Waals surface area (Å²) in [5.74, 6) is -5.07. The number of hydrogen-bond donors (Lipinski definition) is 0. The molecular formula is C42H39O10S2+. The zero-order valence-corrected chi connectivity index (χ0v) is 31.9. The number of carbonyl (C=O) groups is 4. The van der Waals surface area contributed by atoms with Gasteiger partial charge in [0.1, 0.15) is 0 Å². The summed E-state index contributed by atoms with van der Waals surface area (Å²) in [7, 11) is -0.789. The molecule has 6 aromatic rings. The van der Waals surface area contributed by atoms with Crippen molar-refractivity contribution < 1.29 is 38.1 Å². The van der Waals surface area contributed by atoms with E-state index >= 15 is 0 Å². The van der Waals surface area contributed by atoms with Gasteiger partial charge < -0.3 is 18.9 Å². The molecule has 0 amide bonds. The molecule has 0 fully saturated rings. The molecule has 0 radical (unpaired) electrons. The summed E-state index contributed by atoms with van der Waals surface area (Å²) < 4.78 is 23.7. The molecule has 1 atom stereocenters. The van der Waals surface area contributed by atoms with Crippen molar-refractivity contribution in [2.24, 2.45) is 11.8 Å². The molecule has 0 saturated carbocycles. The highest BCUT2D eigenvalue weighted by Gasteiger charge is 2.32. The zero-order valence-electron chi connectivity index (χ0n) is 30.3. The molecule has 10 nitrogen and oxygen atoms in total. The van der Waals surface area contributed by atoms with E-state index in [9.17, 15) is 28.8 Å². The number of benzene rings is 4. The second kappa shape index (κ2) is 16.7. The third kappa shape index (κ3) is 7.62.